The first-order valence-electron chi connectivity index (χ1n) is 9.30. The summed E-state index contributed by atoms with van der Waals surface area (Å²) < 4.78 is 21.3. The summed E-state index contributed by atoms with van der Waals surface area (Å²) in [6.45, 7) is 0.817. The fraction of sp³-hybridized carbons (Fsp3) is 0.300. The van der Waals surface area contributed by atoms with Crippen LogP contribution in [0.1, 0.15) is 20.7 Å². The van der Waals surface area contributed by atoms with Crippen LogP contribution in [-0.4, -0.2) is 61.7 Å². The van der Waals surface area contributed by atoms with Gasteiger partial charge in [0.05, 0.1) is 26.4 Å². The summed E-state index contributed by atoms with van der Waals surface area (Å²) in [5.74, 6) is -3.07. The molecule has 0 unspecified atom stereocenters. The zero-order valence-electron chi connectivity index (χ0n) is 16.8. The molecule has 0 fully saturated rings. The summed E-state index contributed by atoms with van der Waals surface area (Å²) >= 11 is 0. The first-order chi connectivity index (χ1) is 15.5. The van der Waals surface area contributed by atoms with Crippen molar-refractivity contribution < 1.29 is 38.7 Å². The maximum absolute atomic E-state index is 11.5. The van der Waals surface area contributed by atoms with Gasteiger partial charge >= 0.3 is 11.8 Å². The number of rotatable bonds is 13. The number of carbonyl (C=O) groups excluding carboxylic acids is 2. The highest BCUT2D eigenvalue weighted by atomic mass is 16.6. The Balaban J connectivity index is 1.63. The van der Waals surface area contributed by atoms with Gasteiger partial charge in [0, 0.05) is 10.4 Å². The number of amides is 2. The topological polar surface area (TPSA) is 170 Å². The van der Waals surface area contributed by atoms with Gasteiger partial charge in [-0.2, -0.15) is 0 Å². The molecule has 0 heterocycles. The summed E-state index contributed by atoms with van der Waals surface area (Å²) in [5, 5.41) is 23.9. The van der Waals surface area contributed by atoms with Crippen LogP contribution in [0.3, 0.4) is 0 Å². The average molecular weight is 448 g/mol. The Morgan fingerprint density at radius 1 is 0.656 bits per heavy atom. The Morgan fingerprint density at radius 2 is 1.03 bits per heavy atom. The van der Waals surface area contributed by atoms with Gasteiger partial charge in [-0.25, -0.2) is 0 Å². The third kappa shape index (κ3) is 6.82. The second kappa shape index (κ2) is 12.7. The molecule has 0 spiro atoms. The smallest absolute Gasteiger partial charge is 0.324 e. The third-order valence-corrected chi connectivity index (χ3v) is 3.94. The van der Waals surface area contributed by atoms with Crippen LogP contribution < -0.4 is 9.47 Å². The van der Waals surface area contributed by atoms with Crippen LogP contribution in [0.5, 0.6) is 23.0 Å². The van der Waals surface area contributed by atoms with Crippen LogP contribution in [0.15, 0.2) is 46.8 Å². The van der Waals surface area contributed by atoms with Crippen LogP contribution in [0.2, 0.25) is 0 Å². The van der Waals surface area contributed by atoms with Gasteiger partial charge in [-0.05, 0) is 24.3 Å². The summed E-state index contributed by atoms with van der Waals surface area (Å²) in [6.07, 6.45) is 0. The number of nitrogens with zero attached hydrogens (tertiary/aromatic N) is 2. The Morgan fingerprint density at radius 3 is 1.41 bits per heavy atom. The molecule has 0 atom stereocenters. The van der Waals surface area contributed by atoms with E-state index in [4.69, 9.17) is 18.9 Å². The van der Waals surface area contributed by atoms with Gasteiger partial charge in [0.2, 0.25) is 0 Å². The van der Waals surface area contributed by atoms with Crippen molar-refractivity contribution in [3.05, 3.63) is 57.3 Å². The van der Waals surface area contributed by atoms with Crippen LogP contribution in [0.4, 0.5) is 0 Å². The summed E-state index contributed by atoms with van der Waals surface area (Å²) in [5.41, 5.74) is -0.627. The van der Waals surface area contributed by atoms with Gasteiger partial charge in [-0.1, -0.05) is 12.1 Å². The fourth-order valence-electron chi connectivity index (χ4n) is 2.54. The lowest BCUT2D eigenvalue weighted by Gasteiger charge is -2.11. The molecule has 12 heteroatoms. The first-order valence-corrected chi connectivity index (χ1v) is 9.30. The van der Waals surface area contributed by atoms with E-state index in [1.165, 1.54) is 36.4 Å². The highest BCUT2D eigenvalue weighted by molar-refractivity contribution is 6.00. The number of nitroso groups, excluding NO2 is 2. The normalized spacial score (nSPS) is 10.4. The van der Waals surface area contributed by atoms with E-state index in [0.29, 0.717) is 0 Å². The maximum Gasteiger partial charge on any atom is 0.324 e. The lowest BCUT2D eigenvalue weighted by molar-refractivity contribution is 0.0271. The van der Waals surface area contributed by atoms with Crippen molar-refractivity contribution in [2.75, 3.05) is 39.6 Å². The van der Waals surface area contributed by atoms with Crippen molar-refractivity contribution in [2.24, 2.45) is 10.4 Å². The van der Waals surface area contributed by atoms with Crippen molar-refractivity contribution in [3.8, 4) is 23.0 Å². The summed E-state index contributed by atoms with van der Waals surface area (Å²) in [7, 11) is 0. The maximum atomic E-state index is 11.5. The van der Waals surface area contributed by atoms with E-state index in [-0.39, 0.29) is 62.3 Å². The minimum Gasteiger partial charge on any atom is -0.507 e. The Bertz CT molecular complexity index is 886. The first kappa shape index (κ1) is 24.4. The summed E-state index contributed by atoms with van der Waals surface area (Å²) in [4.78, 5) is 43.8. The van der Waals surface area contributed by atoms with E-state index in [1.54, 1.807) is 0 Å². The molecule has 32 heavy (non-hydrogen) atoms. The second-order valence-corrected chi connectivity index (χ2v) is 6.02. The molecule has 0 bridgehead atoms. The van der Waals surface area contributed by atoms with Crippen molar-refractivity contribution >= 4 is 11.8 Å². The van der Waals surface area contributed by atoms with E-state index >= 15 is 0 Å². The number of ether oxygens (including phenoxy) is 4. The van der Waals surface area contributed by atoms with E-state index in [0.717, 1.165) is 0 Å². The number of phenols is 2. The van der Waals surface area contributed by atoms with Crippen molar-refractivity contribution in [3.63, 3.8) is 0 Å². The van der Waals surface area contributed by atoms with Gasteiger partial charge in [-0.15, -0.1) is 9.81 Å². The third-order valence-electron chi connectivity index (χ3n) is 3.94. The Kier molecular flexibility index (Phi) is 9.69. The SMILES string of the molecule is O=NC(=O)c1c(O)cccc1OCCOCCOCCOc1cccc(O)c1C(=O)N=O. The van der Waals surface area contributed by atoms with Gasteiger partial charge in [0.15, 0.2) is 0 Å². The lowest BCUT2D eigenvalue weighted by Crippen LogP contribution is -2.14. The molecule has 2 aromatic rings. The minimum absolute atomic E-state index is 0.0150. The number of benzene rings is 2. The lowest BCUT2D eigenvalue weighted by atomic mass is 10.1. The van der Waals surface area contributed by atoms with Crippen LogP contribution in [0.25, 0.3) is 0 Å². The number of hydrogen-bond donors (Lipinski definition) is 2. The highest BCUT2D eigenvalue weighted by Gasteiger charge is 2.19. The predicted octanol–water partition coefficient (Wildman–Crippen LogP) is 2.40. The minimum atomic E-state index is -1.14. The van der Waals surface area contributed by atoms with E-state index < -0.39 is 23.3 Å². The van der Waals surface area contributed by atoms with Crippen LogP contribution >= 0.6 is 0 Å². The monoisotopic (exact) mass is 448 g/mol. The molecule has 0 aliphatic heterocycles. The Hall–Kier alpha value is -3.90. The van der Waals surface area contributed by atoms with Gasteiger partial charge in [0.25, 0.3) is 0 Å². The fourth-order valence-corrected chi connectivity index (χ4v) is 2.54. The molecular weight excluding hydrogens is 428 g/mol. The average Bonchev–Trinajstić information content (AvgIpc) is 2.79. The standard InChI is InChI=1S/C20H20N2O10/c23-13-3-1-5-15(17(13)19(25)21-27)31-11-9-29-7-8-30-10-12-32-16-6-2-4-14(24)18(16)20(26)22-28/h1-6,23-24H,7-12H2. The van der Waals surface area contributed by atoms with Gasteiger partial charge in [-0.3, -0.25) is 9.59 Å². The number of aromatic hydroxyl groups is 2. The van der Waals surface area contributed by atoms with E-state index in [2.05, 4.69) is 10.4 Å². The highest BCUT2D eigenvalue weighted by Crippen LogP contribution is 2.29. The van der Waals surface area contributed by atoms with Crippen molar-refractivity contribution in [1.29, 1.82) is 0 Å². The number of carbonyl (C=O) groups is 2. The number of hydrogen-bond acceptors (Lipinski definition) is 10. The molecule has 170 valence electrons. The zero-order chi connectivity index (χ0) is 23.3. The molecule has 0 aromatic heterocycles. The second-order valence-electron chi connectivity index (χ2n) is 6.02. The van der Waals surface area contributed by atoms with Crippen molar-refractivity contribution in [2.45, 2.75) is 0 Å². The molecule has 0 radical (unpaired) electrons. The van der Waals surface area contributed by atoms with Gasteiger partial charge in [0.1, 0.15) is 47.3 Å². The molecule has 0 aliphatic rings. The molecule has 0 aliphatic carbocycles. The summed E-state index contributed by atoms with van der Waals surface area (Å²) in [6, 6.07) is 8.21. The van der Waals surface area contributed by atoms with Crippen LogP contribution in [-0.2, 0) is 9.47 Å². The molecule has 2 aromatic carbocycles. The quantitative estimate of drug-likeness (QED) is 0.342. The molecule has 12 nitrogen and oxygen atoms in total. The Labute approximate surface area is 181 Å². The zero-order valence-corrected chi connectivity index (χ0v) is 16.8. The molecule has 0 saturated carbocycles. The van der Waals surface area contributed by atoms with Crippen LogP contribution in [0, 0.1) is 9.81 Å². The van der Waals surface area contributed by atoms with E-state index in [9.17, 15) is 29.6 Å². The molecule has 0 saturated heterocycles. The van der Waals surface area contributed by atoms with E-state index in [1.807, 2.05) is 0 Å². The number of phenolic OH excluding ortho intramolecular Hbond substituents is 2. The largest absolute Gasteiger partial charge is 0.507 e. The molecule has 2 amide bonds. The van der Waals surface area contributed by atoms with Gasteiger partial charge < -0.3 is 29.2 Å². The molecular formula is C20H20N2O10. The van der Waals surface area contributed by atoms with Crippen molar-refractivity contribution in [1.82, 2.24) is 0 Å². The predicted molar refractivity (Wildman–Crippen MR) is 109 cm³/mol. The molecule has 2 rings (SSSR count). The molecule has 2 N–H and O–H groups in total.